The molecule has 0 saturated carbocycles. The second-order valence-corrected chi connectivity index (χ2v) is 17.9. The van der Waals surface area contributed by atoms with E-state index in [4.69, 9.17) is 9.72 Å². The summed E-state index contributed by atoms with van der Waals surface area (Å²) >= 11 is 0. The molecule has 8 aromatic rings. The van der Waals surface area contributed by atoms with Crippen molar-refractivity contribution in [2.75, 3.05) is 9.80 Å². The minimum absolute atomic E-state index is 0. The Morgan fingerprint density at radius 3 is 1.97 bits per heavy atom. The maximum absolute atomic E-state index is 6.67. The van der Waals surface area contributed by atoms with E-state index in [1.165, 1.54) is 27.6 Å². The number of aromatic nitrogens is 2. The minimum Gasteiger partial charge on any atom is -0.509 e. The average Bonchev–Trinajstić information content (AvgIpc) is 3.77. The first-order valence-electron chi connectivity index (χ1n) is 20.1. The Labute approximate surface area is 363 Å². The first-order chi connectivity index (χ1) is 27.8. The van der Waals surface area contributed by atoms with E-state index < -0.39 is 0 Å². The molecule has 0 bridgehead atoms. The van der Waals surface area contributed by atoms with Crippen LogP contribution in [0.4, 0.5) is 22.7 Å². The third-order valence-electron chi connectivity index (χ3n) is 11.5. The van der Waals surface area contributed by atoms with Crippen molar-refractivity contribution in [3.8, 4) is 17.3 Å². The molecule has 6 heteroatoms. The van der Waals surface area contributed by atoms with Crippen molar-refractivity contribution in [2.24, 2.45) is 0 Å². The van der Waals surface area contributed by atoms with E-state index in [1.807, 2.05) is 24.4 Å². The second-order valence-electron chi connectivity index (χ2n) is 17.9. The predicted molar refractivity (Wildman–Crippen MR) is 240 cm³/mol. The van der Waals surface area contributed by atoms with Crippen molar-refractivity contribution in [1.82, 2.24) is 9.55 Å². The van der Waals surface area contributed by atoms with Crippen molar-refractivity contribution < 1.29 is 25.8 Å². The van der Waals surface area contributed by atoms with E-state index in [9.17, 15) is 0 Å². The van der Waals surface area contributed by atoms with Crippen LogP contribution in [0.3, 0.4) is 0 Å². The number of benzene rings is 6. The van der Waals surface area contributed by atoms with Crippen LogP contribution < -0.4 is 14.5 Å². The van der Waals surface area contributed by atoms with Crippen LogP contribution in [-0.4, -0.2) is 9.55 Å². The summed E-state index contributed by atoms with van der Waals surface area (Å²) in [4.78, 5) is 9.39. The molecular weight excluding hydrogens is 904 g/mol. The molecule has 2 aromatic heterocycles. The van der Waals surface area contributed by atoms with Gasteiger partial charge in [-0.25, -0.2) is 4.98 Å². The number of para-hydroxylation sites is 2. The van der Waals surface area contributed by atoms with Gasteiger partial charge in [-0.3, -0.25) is 0 Å². The summed E-state index contributed by atoms with van der Waals surface area (Å²) < 4.78 is 8.92. The molecule has 5 nitrogen and oxygen atoms in total. The summed E-state index contributed by atoms with van der Waals surface area (Å²) in [6.07, 6.45) is 1.92. The molecule has 0 fully saturated rings. The van der Waals surface area contributed by atoms with Gasteiger partial charge in [0, 0.05) is 66.8 Å². The smallest absolute Gasteiger partial charge is 0.135 e. The summed E-state index contributed by atoms with van der Waals surface area (Å²) in [6, 6.07) is 56.5. The molecule has 300 valence electrons. The van der Waals surface area contributed by atoms with Crippen molar-refractivity contribution in [3.05, 3.63) is 187 Å². The third kappa shape index (κ3) is 7.36. The van der Waals surface area contributed by atoms with Crippen LogP contribution in [0.1, 0.15) is 77.6 Å². The zero-order chi connectivity index (χ0) is 40.4. The van der Waals surface area contributed by atoms with Gasteiger partial charge in [0.25, 0.3) is 0 Å². The van der Waals surface area contributed by atoms with Crippen LogP contribution in [0.15, 0.2) is 146 Å². The Hall–Kier alpha value is -5.64. The van der Waals surface area contributed by atoms with Gasteiger partial charge in [0.15, 0.2) is 0 Å². The predicted octanol–water partition coefficient (Wildman–Crippen LogP) is 13.9. The van der Waals surface area contributed by atoms with Crippen molar-refractivity contribution in [1.29, 1.82) is 0 Å². The van der Waals surface area contributed by atoms with E-state index in [0.717, 1.165) is 45.0 Å². The number of pyridine rings is 1. The minimum atomic E-state index is -0.263. The summed E-state index contributed by atoms with van der Waals surface area (Å²) in [6.45, 7) is 20.2. The summed E-state index contributed by atoms with van der Waals surface area (Å²) in [7, 11) is 0. The molecule has 0 amide bonds. The maximum Gasteiger partial charge on any atom is 0.135 e. The molecule has 0 unspecified atom stereocenters. The zero-order valence-electron chi connectivity index (χ0n) is 34.9. The SMILES string of the molecule is CC(C)(C)c1cccc(N2[CH-]N(c3[c-]c(Oc4[c-]c5c(cc4)c4c(C(C)(C)c6ccccc6)cccc4n5-c4cc(C(C)(C)C)ccn4)ccc3)c3ccccc32)c1.[Pt]. The van der Waals surface area contributed by atoms with Gasteiger partial charge in [0.2, 0.25) is 0 Å². The average molecular weight is 953 g/mol. The first-order valence-corrected chi connectivity index (χ1v) is 20.1. The molecule has 1 aliphatic heterocycles. The Morgan fingerprint density at radius 1 is 0.576 bits per heavy atom. The van der Waals surface area contributed by atoms with Gasteiger partial charge < -0.3 is 19.1 Å². The number of anilines is 4. The third-order valence-corrected chi connectivity index (χ3v) is 11.5. The first kappa shape index (κ1) is 40.2. The molecular formula is C53H49N4OPt-3. The van der Waals surface area contributed by atoms with Crippen LogP contribution in [0.5, 0.6) is 11.5 Å². The fourth-order valence-electron chi connectivity index (χ4n) is 8.19. The summed E-state index contributed by atoms with van der Waals surface area (Å²) in [5.41, 5.74) is 10.9. The number of rotatable bonds is 7. The van der Waals surface area contributed by atoms with Crippen molar-refractivity contribution in [2.45, 2.75) is 71.6 Å². The van der Waals surface area contributed by atoms with Crippen molar-refractivity contribution in [3.63, 3.8) is 0 Å². The molecule has 3 heterocycles. The quantitative estimate of drug-likeness (QED) is 0.149. The van der Waals surface area contributed by atoms with Crippen LogP contribution in [0.2, 0.25) is 0 Å². The van der Waals surface area contributed by atoms with E-state index in [-0.39, 0.29) is 37.3 Å². The van der Waals surface area contributed by atoms with Crippen LogP contribution >= 0.6 is 0 Å². The number of hydrogen-bond donors (Lipinski definition) is 0. The van der Waals surface area contributed by atoms with E-state index in [2.05, 4.69) is 210 Å². The normalized spacial score (nSPS) is 13.2. The Kier molecular flexibility index (Phi) is 10.3. The van der Waals surface area contributed by atoms with Gasteiger partial charge in [-0.1, -0.05) is 128 Å². The van der Waals surface area contributed by atoms with E-state index >= 15 is 0 Å². The maximum atomic E-state index is 6.67. The topological polar surface area (TPSA) is 33.5 Å². The number of nitrogens with zero attached hydrogens (tertiary/aromatic N) is 4. The second kappa shape index (κ2) is 15.2. The standard InChI is InChI=1S/C53H49N4O.Pt/c1-51(2,3)37-19-14-20-39(31-37)55-35-56(46-25-13-12-24-45(46)55)40-21-15-22-41(33-40)58-42-27-28-43-48(34-42)57(49-32-38(29-30-54-49)52(4,5)6)47-26-16-23-44(50(43)47)53(7,8)36-17-10-9-11-18-36;/h9-32,35H,1-8H3;/q-3;. The monoisotopic (exact) mass is 952 g/mol. The van der Waals surface area contributed by atoms with Gasteiger partial charge >= 0.3 is 0 Å². The fourth-order valence-corrected chi connectivity index (χ4v) is 8.19. The van der Waals surface area contributed by atoms with Crippen LogP contribution in [0.25, 0.3) is 27.6 Å². The Balaban J connectivity index is 0.00000484. The van der Waals surface area contributed by atoms with E-state index in [1.54, 1.807) is 0 Å². The molecule has 0 spiro atoms. The zero-order valence-corrected chi connectivity index (χ0v) is 37.2. The Bertz CT molecular complexity index is 2810. The molecule has 0 radical (unpaired) electrons. The number of fused-ring (bicyclic) bond motifs is 4. The number of hydrogen-bond acceptors (Lipinski definition) is 4. The van der Waals surface area contributed by atoms with Crippen LogP contribution in [-0.2, 0) is 37.3 Å². The largest absolute Gasteiger partial charge is 0.509 e. The van der Waals surface area contributed by atoms with Gasteiger partial charge in [-0.2, -0.15) is 12.1 Å². The van der Waals surface area contributed by atoms with Gasteiger partial charge in [-0.05, 0) is 80.9 Å². The Morgan fingerprint density at radius 2 is 1.22 bits per heavy atom. The van der Waals surface area contributed by atoms with E-state index in [0.29, 0.717) is 11.5 Å². The molecule has 59 heavy (non-hydrogen) atoms. The number of ether oxygens (including phenoxy) is 1. The van der Waals surface area contributed by atoms with Gasteiger partial charge in [0.05, 0.1) is 0 Å². The van der Waals surface area contributed by atoms with Gasteiger partial charge in [0.1, 0.15) is 5.82 Å². The molecule has 6 aromatic carbocycles. The fraction of sp³-hybridized carbons (Fsp3) is 0.208. The molecule has 0 N–H and O–H groups in total. The molecule has 0 aliphatic carbocycles. The summed E-state index contributed by atoms with van der Waals surface area (Å²) in [5.74, 6) is 2.06. The van der Waals surface area contributed by atoms with Crippen molar-refractivity contribution >= 4 is 44.6 Å². The molecule has 0 atom stereocenters. The van der Waals surface area contributed by atoms with Crippen LogP contribution in [0, 0.1) is 18.8 Å². The van der Waals surface area contributed by atoms with Gasteiger partial charge in [-0.15, -0.1) is 48.1 Å². The molecule has 1 aliphatic rings. The summed E-state index contributed by atoms with van der Waals surface area (Å²) in [5, 5.41) is 2.29. The molecule has 9 rings (SSSR count). The molecule has 0 saturated heterocycles.